The molecule has 1 rings (SSSR count). The molecule has 1 aromatic rings. The van der Waals surface area contributed by atoms with E-state index in [9.17, 15) is 24.5 Å². The normalized spacial score (nSPS) is 11.2. The summed E-state index contributed by atoms with van der Waals surface area (Å²) in [7, 11) is 0. The third-order valence-corrected chi connectivity index (χ3v) is 2.34. The first-order chi connectivity index (χ1) is 9.79. The van der Waals surface area contributed by atoms with Gasteiger partial charge in [-0.2, -0.15) is 0 Å². The molecule has 0 heterocycles. The molecule has 0 aliphatic heterocycles. The summed E-state index contributed by atoms with van der Waals surface area (Å²) in [6, 6.07) is 2.57. The van der Waals surface area contributed by atoms with Gasteiger partial charge in [-0.15, -0.1) is 0 Å². The number of rotatable bonds is 6. The Bertz CT molecular complexity index is 571. The number of carbonyl (C=O) groups excluding carboxylic acids is 2. The zero-order chi connectivity index (χ0) is 16.0. The van der Waals surface area contributed by atoms with Gasteiger partial charge in [-0.3, -0.25) is 14.9 Å². The van der Waals surface area contributed by atoms with Gasteiger partial charge < -0.3 is 21.5 Å². The summed E-state index contributed by atoms with van der Waals surface area (Å²) in [6.45, 7) is 0. The second kappa shape index (κ2) is 6.84. The van der Waals surface area contributed by atoms with Gasteiger partial charge in [0.1, 0.15) is 6.04 Å². The fourth-order valence-electron chi connectivity index (χ4n) is 1.39. The fraction of sp³-hybridized carbons (Fsp3) is 0.182. The number of aliphatic carboxylic acids is 1. The number of hydrogen-bond acceptors (Lipinski definition) is 5. The predicted octanol–water partition coefficient (Wildman–Crippen LogP) is 0.0449. The average Bonchev–Trinajstić information content (AvgIpc) is 2.37. The number of nitrogens with one attached hydrogen (secondary N) is 2. The number of amides is 3. The van der Waals surface area contributed by atoms with E-state index in [-0.39, 0.29) is 11.4 Å². The van der Waals surface area contributed by atoms with E-state index in [1.165, 1.54) is 24.3 Å². The van der Waals surface area contributed by atoms with Crippen molar-refractivity contribution in [1.29, 1.82) is 0 Å². The maximum atomic E-state index is 11.6. The van der Waals surface area contributed by atoms with E-state index in [2.05, 4.69) is 5.32 Å². The minimum Gasteiger partial charge on any atom is -0.480 e. The third-order valence-electron chi connectivity index (χ3n) is 2.34. The number of urea groups is 1. The number of primary amides is 1. The van der Waals surface area contributed by atoms with Gasteiger partial charge >= 0.3 is 12.0 Å². The molecule has 10 nitrogen and oxygen atoms in total. The average molecular weight is 296 g/mol. The standard InChI is InChI=1S/C11H12N4O6/c12-9(16)5-8(10(17)18)14-11(19)13-6-1-3-7(4-2-6)15(20)21/h1-4,8H,5H2,(H2,12,16)(H,17,18)(H2,13,14,19). The van der Waals surface area contributed by atoms with Crippen LogP contribution in [0.25, 0.3) is 0 Å². The van der Waals surface area contributed by atoms with Gasteiger partial charge in [0.25, 0.3) is 5.69 Å². The van der Waals surface area contributed by atoms with Crippen molar-refractivity contribution >= 4 is 29.3 Å². The molecular weight excluding hydrogens is 284 g/mol. The Kier molecular flexibility index (Phi) is 5.17. The largest absolute Gasteiger partial charge is 0.480 e. The molecule has 0 spiro atoms. The lowest BCUT2D eigenvalue weighted by Gasteiger charge is -2.13. The number of anilines is 1. The maximum absolute atomic E-state index is 11.6. The molecule has 0 fully saturated rings. The highest BCUT2D eigenvalue weighted by Crippen LogP contribution is 2.15. The van der Waals surface area contributed by atoms with E-state index < -0.39 is 35.3 Å². The molecule has 5 N–H and O–H groups in total. The van der Waals surface area contributed by atoms with Crippen molar-refractivity contribution in [2.24, 2.45) is 5.73 Å². The van der Waals surface area contributed by atoms with E-state index in [0.717, 1.165) is 0 Å². The van der Waals surface area contributed by atoms with Crippen molar-refractivity contribution < 1.29 is 24.4 Å². The number of benzene rings is 1. The summed E-state index contributed by atoms with van der Waals surface area (Å²) in [5.74, 6) is -2.29. The van der Waals surface area contributed by atoms with Gasteiger partial charge in [0.2, 0.25) is 5.91 Å². The highest BCUT2D eigenvalue weighted by Gasteiger charge is 2.22. The van der Waals surface area contributed by atoms with Crippen molar-refractivity contribution in [2.45, 2.75) is 12.5 Å². The number of carboxylic acid groups (broad SMARTS) is 1. The molecule has 112 valence electrons. The number of nitro groups is 1. The fourth-order valence-corrected chi connectivity index (χ4v) is 1.39. The van der Waals surface area contributed by atoms with Crippen molar-refractivity contribution in [2.75, 3.05) is 5.32 Å². The molecule has 0 bridgehead atoms. The first-order valence-electron chi connectivity index (χ1n) is 5.62. The summed E-state index contributed by atoms with van der Waals surface area (Å²) < 4.78 is 0. The SMILES string of the molecule is NC(=O)CC(NC(=O)Nc1ccc([N+](=O)[O-])cc1)C(=O)O. The van der Waals surface area contributed by atoms with Crippen molar-refractivity contribution in [3.05, 3.63) is 34.4 Å². The number of nitro benzene ring substituents is 1. The summed E-state index contributed by atoms with van der Waals surface area (Å²) in [5, 5.41) is 23.6. The van der Waals surface area contributed by atoms with Crippen molar-refractivity contribution in [3.63, 3.8) is 0 Å². The van der Waals surface area contributed by atoms with Crippen LogP contribution in [0.15, 0.2) is 24.3 Å². The van der Waals surface area contributed by atoms with Gasteiger partial charge in [-0.05, 0) is 12.1 Å². The monoisotopic (exact) mass is 296 g/mol. The zero-order valence-electron chi connectivity index (χ0n) is 10.6. The van der Waals surface area contributed by atoms with Gasteiger partial charge in [0, 0.05) is 17.8 Å². The molecule has 1 aromatic carbocycles. The molecule has 1 unspecified atom stereocenters. The molecule has 0 aromatic heterocycles. The summed E-state index contributed by atoms with van der Waals surface area (Å²) in [4.78, 5) is 42.9. The lowest BCUT2D eigenvalue weighted by atomic mass is 10.2. The topological polar surface area (TPSA) is 165 Å². The van der Waals surface area contributed by atoms with Gasteiger partial charge in [0.05, 0.1) is 11.3 Å². The van der Waals surface area contributed by atoms with Crippen molar-refractivity contribution in [1.82, 2.24) is 5.32 Å². The second-order valence-corrected chi connectivity index (χ2v) is 3.96. The van der Waals surface area contributed by atoms with E-state index in [1.807, 2.05) is 5.32 Å². The van der Waals surface area contributed by atoms with Gasteiger partial charge in [0.15, 0.2) is 0 Å². The van der Waals surface area contributed by atoms with Crippen LogP contribution in [-0.4, -0.2) is 34.0 Å². The Labute approximate surface area is 118 Å². The van der Waals surface area contributed by atoms with E-state index in [4.69, 9.17) is 10.8 Å². The molecule has 3 amide bonds. The minimum atomic E-state index is -1.46. The number of non-ortho nitro benzene ring substituents is 1. The Morgan fingerprint density at radius 1 is 1.29 bits per heavy atom. The van der Waals surface area contributed by atoms with E-state index in [1.54, 1.807) is 0 Å². The molecular formula is C11H12N4O6. The van der Waals surface area contributed by atoms with Crippen LogP contribution < -0.4 is 16.4 Å². The minimum absolute atomic E-state index is 0.155. The summed E-state index contributed by atoms with van der Waals surface area (Å²) in [5.41, 5.74) is 4.94. The van der Waals surface area contributed by atoms with E-state index >= 15 is 0 Å². The number of nitrogens with zero attached hydrogens (tertiary/aromatic N) is 1. The van der Waals surface area contributed by atoms with Gasteiger partial charge in [-0.25, -0.2) is 9.59 Å². The van der Waals surface area contributed by atoms with Crippen LogP contribution in [0.2, 0.25) is 0 Å². The first kappa shape index (κ1) is 15.9. The quantitative estimate of drug-likeness (QED) is 0.427. The number of hydrogen-bond donors (Lipinski definition) is 4. The lowest BCUT2D eigenvalue weighted by molar-refractivity contribution is -0.384. The lowest BCUT2D eigenvalue weighted by Crippen LogP contribution is -2.45. The molecule has 1 atom stereocenters. The third kappa shape index (κ3) is 5.14. The Morgan fingerprint density at radius 2 is 1.86 bits per heavy atom. The highest BCUT2D eigenvalue weighted by molar-refractivity contribution is 5.93. The van der Waals surface area contributed by atoms with Crippen LogP contribution in [0.1, 0.15) is 6.42 Å². The van der Waals surface area contributed by atoms with E-state index in [0.29, 0.717) is 0 Å². The van der Waals surface area contributed by atoms with Crippen LogP contribution in [0, 0.1) is 10.1 Å². The number of carboxylic acids is 1. The summed E-state index contributed by atoms with van der Waals surface area (Å²) in [6.07, 6.45) is -0.553. The van der Waals surface area contributed by atoms with Crippen molar-refractivity contribution in [3.8, 4) is 0 Å². The molecule has 0 radical (unpaired) electrons. The second-order valence-electron chi connectivity index (χ2n) is 3.96. The van der Waals surface area contributed by atoms with Crippen LogP contribution in [0.3, 0.4) is 0 Å². The Morgan fingerprint density at radius 3 is 2.29 bits per heavy atom. The molecule has 0 aliphatic carbocycles. The first-order valence-corrected chi connectivity index (χ1v) is 5.62. The summed E-state index contributed by atoms with van der Waals surface area (Å²) >= 11 is 0. The van der Waals surface area contributed by atoms with Crippen LogP contribution in [0.5, 0.6) is 0 Å². The van der Waals surface area contributed by atoms with Crippen LogP contribution in [0.4, 0.5) is 16.2 Å². The molecule has 10 heteroatoms. The van der Waals surface area contributed by atoms with Crippen LogP contribution in [-0.2, 0) is 9.59 Å². The molecule has 0 saturated carbocycles. The smallest absolute Gasteiger partial charge is 0.326 e. The number of nitrogens with two attached hydrogens (primary N) is 1. The molecule has 21 heavy (non-hydrogen) atoms. The highest BCUT2D eigenvalue weighted by atomic mass is 16.6. The Hall–Kier alpha value is -3.17. The zero-order valence-corrected chi connectivity index (χ0v) is 10.6. The molecule has 0 saturated heterocycles. The van der Waals surface area contributed by atoms with Crippen LogP contribution >= 0.6 is 0 Å². The number of carbonyl (C=O) groups is 3. The Balaban J connectivity index is 2.65. The predicted molar refractivity (Wildman–Crippen MR) is 70.5 cm³/mol. The van der Waals surface area contributed by atoms with Gasteiger partial charge in [-0.1, -0.05) is 0 Å². The molecule has 0 aliphatic rings. The maximum Gasteiger partial charge on any atom is 0.326 e.